The van der Waals surface area contributed by atoms with Crippen LogP contribution in [0.5, 0.6) is 0 Å². The highest BCUT2D eigenvalue weighted by Gasteiger charge is 2.20. The topological polar surface area (TPSA) is 102 Å². The molecule has 116 valence electrons. The summed E-state index contributed by atoms with van der Waals surface area (Å²) < 4.78 is 4.98. The maximum atomic E-state index is 11.9. The van der Waals surface area contributed by atoms with Crippen LogP contribution in [0.3, 0.4) is 0 Å². The Morgan fingerprint density at radius 3 is 2.32 bits per heavy atom. The van der Waals surface area contributed by atoms with Crippen molar-refractivity contribution in [3.05, 3.63) is 42.0 Å². The molecule has 3 N–H and O–H groups in total. The molecule has 22 heavy (non-hydrogen) atoms. The Labute approximate surface area is 127 Å². The monoisotopic (exact) mass is 303 g/mol. The van der Waals surface area contributed by atoms with Gasteiger partial charge in [-0.1, -0.05) is 12.2 Å². The summed E-state index contributed by atoms with van der Waals surface area (Å²) >= 11 is 0. The van der Waals surface area contributed by atoms with Crippen LogP contribution in [0, 0.1) is 0 Å². The molecule has 3 amide bonds. The molecule has 0 bridgehead atoms. The Balaban J connectivity index is 1.94. The zero-order chi connectivity index (χ0) is 16.1. The van der Waals surface area contributed by atoms with Crippen LogP contribution in [-0.4, -0.2) is 37.1 Å². The van der Waals surface area contributed by atoms with Gasteiger partial charge in [0.25, 0.3) is 5.91 Å². The van der Waals surface area contributed by atoms with Gasteiger partial charge in [0.15, 0.2) is 6.10 Å². The number of amides is 3. The van der Waals surface area contributed by atoms with Crippen LogP contribution in [0.2, 0.25) is 0 Å². The van der Waals surface area contributed by atoms with E-state index in [9.17, 15) is 14.4 Å². The molecule has 1 aromatic carbocycles. The van der Waals surface area contributed by atoms with E-state index in [-0.39, 0.29) is 0 Å². The number of esters is 1. The number of ether oxygens (including phenoxy) is 1. The van der Waals surface area contributed by atoms with Gasteiger partial charge < -0.3 is 15.4 Å². The second-order valence-electron chi connectivity index (χ2n) is 4.82. The molecule has 0 aromatic heterocycles. The molecule has 0 fully saturated rings. The van der Waals surface area contributed by atoms with Gasteiger partial charge in [-0.05, 0) is 31.2 Å². The van der Waals surface area contributed by atoms with E-state index < -0.39 is 24.0 Å². The minimum atomic E-state index is -1.11. The van der Waals surface area contributed by atoms with Gasteiger partial charge in [0, 0.05) is 18.8 Å². The number of nitrogens with two attached hydrogens (primary N) is 1. The number of carbonyl (C=O) groups excluding carboxylic acids is 3. The van der Waals surface area contributed by atoms with Gasteiger partial charge >= 0.3 is 12.0 Å². The Morgan fingerprint density at radius 1 is 1.18 bits per heavy atom. The summed E-state index contributed by atoms with van der Waals surface area (Å²) in [5, 5.41) is 1.85. The first-order valence-corrected chi connectivity index (χ1v) is 6.78. The molecule has 1 atom stereocenters. The molecule has 0 saturated heterocycles. The second-order valence-corrected chi connectivity index (χ2v) is 4.82. The highest BCUT2D eigenvalue weighted by molar-refractivity contribution is 5.98. The van der Waals surface area contributed by atoms with Crippen LogP contribution >= 0.6 is 0 Å². The SMILES string of the molecule is C[C@@H](OC(=O)c1ccc(N2CC=CC2)cc1)C(=O)NC(N)=O. The number of benzene rings is 1. The highest BCUT2D eigenvalue weighted by Crippen LogP contribution is 2.18. The number of nitrogens with zero attached hydrogens (tertiary/aromatic N) is 1. The average Bonchev–Trinajstić information content (AvgIpc) is 3.00. The smallest absolute Gasteiger partial charge is 0.338 e. The predicted octanol–water partition coefficient (Wildman–Crippen LogP) is 0.803. The fourth-order valence-electron chi connectivity index (χ4n) is 2.00. The number of anilines is 1. The predicted molar refractivity (Wildman–Crippen MR) is 80.4 cm³/mol. The number of imide groups is 1. The Morgan fingerprint density at radius 2 is 1.77 bits per heavy atom. The van der Waals surface area contributed by atoms with E-state index in [4.69, 9.17) is 10.5 Å². The zero-order valence-electron chi connectivity index (χ0n) is 12.1. The Kier molecular flexibility index (Phi) is 4.77. The first-order chi connectivity index (χ1) is 10.5. The van der Waals surface area contributed by atoms with Gasteiger partial charge in [0.05, 0.1) is 5.56 Å². The summed E-state index contributed by atoms with van der Waals surface area (Å²) in [7, 11) is 0. The first-order valence-electron chi connectivity index (χ1n) is 6.78. The third-order valence-corrected chi connectivity index (χ3v) is 3.19. The number of urea groups is 1. The number of primary amides is 1. The van der Waals surface area contributed by atoms with Gasteiger partial charge in [-0.3, -0.25) is 10.1 Å². The maximum absolute atomic E-state index is 11.9. The number of rotatable bonds is 4. The highest BCUT2D eigenvalue weighted by atomic mass is 16.5. The summed E-state index contributed by atoms with van der Waals surface area (Å²) in [5.41, 5.74) is 6.16. The lowest BCUT2D eigenvalue weighted by Gasteiger charge is -2.18. The minimum absolute atomic E-state index is 0.328. The van der Waals surface area contributed by atoms with Gasteiger partial charge in [-0.2, -0.15) is 0 Å². The van der Waals surface area contributed by atoms with Crippen molar-refractivity contribution in [3.63, 3.8) is 0 Å². The quantitative estimate of drug-likeness (QED) is 0.633. The van der Waals surface area contributed by atoms with Crippen molar-refractivity contribution < 1.29 is 19.1 Å². The molecule has 1 heterocycles. The van der Waals surface area contributed by atoms with E-state index in [2.05, 4.69) is 17.1 Å². The van der Waals surface area contributed by atoms with E-state index in [1.54, 1.807) is 12.1 Å². The third kappa shape index (κ3) is 3.85. The van der Waals surface area contributed by atoms with Crippen molar-refractivity contribution in [2.45, 2.75) is 13.0 Å². The van der Waals surface area contributed by atoms with Gasteiger partial charge in [-0.25, -0.2) is 9.59 Å². The third-order valence-electron chi connectivity index (χ3n) is 3.19. The van der Waals surface area contributed by atoms with E-state index in [0.29, 0.717) is 5.56 Å². The van der Waals surface area contributed by atoms with Crippen molar-refractivity contribution in [3.8, 4) is 0 Å². The van der Waals surface area contributed by atoms with Crippen LogP contribution in [0.4, 0.5) is 10.5 Å². The largest absolute Gasteiger partial charge is 0.449 e. The number of hydrogen-bond acceptors (Lipinski definition) is 5. The first kappa shape index (κ1) is 15.6. The van der Waals surface area contributed by atoms with Gasteiger partial charge in [-0.15, -0.1) is 0 Å². The Hall–Kier alpha value is -2.83. The molecule has 0 aliphatic carbocycles. The van der Waals surface area contributed by atoms with Crippen molar-refractivity contribution >= 4 is 23.6 Å². The molecule has 0 saturated carbocycles. The lowest BCUT2D eigenvalue weighted by Crippen LogP contribution is -2.42. The standard InChI is InChI=1S/C15H17N3O4/c1-10(13(19)17-15(16)21)22-14(20)11-4-6-12(7-5-11)18-8-2-3-9-18/h2-7,10H,8-9H2,1H3,(H3,16,17,19,21)/t10-/m1/s1. The second kappa shape index (κ2) is 6.75. The molecule has 1 aliphatic rings. The molecular weight excluding hydrogens is 286 g/mol. The van der Waals surface area contributed by atoms with Crippen molar-refractivity contribution in [2.75, 3.05) is 18.0 Å². The zero-order valence-corrected chi connectivity index (χ0v) is 12.1. The lowest BCUT2D eigenvalue weighted by atomic mass is 10.2. The summed E-state index contributed by atoms with van der Waals surface area (Å²) in [6.07, 6.45) is 3.03. The van der Waals surface area contributed by atoms with Crippen LogP contribution in [0.15, 0.2) is 36.4 Å². The fourth-order valence-corrected chi connectivity index (χ4v) is 2.00. The van der Waals surface area contributed by atoms with Gasteiger partial charge in [0.1, 0.15) is 0 Å². The normalized spacial score (nSPS) is 14.5. The molecular formula is C15H17N3O4. The van der Waals surface area contributed by atoms with Crippen LogP contribution < -0.4 is 16.0 Å². The molecule has 0 spiro atoms. The van der Waals surface area contributed by atoms with E-state index in [0.717, 1.165) is 18.8 Å². The van der Waals surface area contributed by atoms with E-state index in [1.165, 1.54) is 6.92 Å². The molecule has 1 aromatic rings. The summed E-state index contributed by atoms with van der Waals surface area (Å²) in [6, 6.07) is 5.91. The van der Waals surface area contributed by atoms with Crippen LogP contribution in [0.1, 0.15) is 17.3 Å². The molecule has 1 aliphatic heterocycles. The molecule has 0 radical (unpaired) electrons. The summed E-state index contributed by atoms with van der Waals surface area (Å²) in [4.78, 5) is 36.1. The molecule has 7 nitrogen and oxygen atoms in total. The van der Waals surface area contributed by atoms with Gasteiger partial charge in [0.2, 0.25) is 0 Å². The van der Waals surface area contributed by atoms with Crippen molar-refractivity contribution in [1.82, 2.24) is 5.32 Å². The number of nitrogens with one attached hydrogen (secondary N) is 1. The van der Waals surface area contributed by atoms with Crippen LogP contribution in [0.25, 0.3) is 0 Å². The number of carbonyl (C=O) groups is 3. The van der Waals surface area contributed by atoms with E-state index >= 15 is 0 Å². The molecule has 0 unspecified atom stereocenters. The van der Waals surface area contributed by atoms with Crippen LogP contribution in [-0.2, 0) is 9.53 Å². The lowest BCUT2D eigenvalue weighted by molar-refractivity contribution is -0.127. The Bertz CT molecular complexity index is 602. The average molecular weight is 303 g/mol. The minimum Gasteiger partial charge on any atom is -0.449 e. The number of hydrogen-bond donors (Lipinski definition) is 2. The molecule has 7 heteroatoms. The fraction of sp³-hybridized carbons (Fsp3) is 0.267. The summed E-state index contributed by atoms with van der Waals surface area (Å²) in [6.45, 7) is 3.04. The summed E-state index contributed by atoms with van der Waals surface area (Å²) in [5.74, 6) is -1.40. The molecule has 2 rings (SSSR count). The van der Waals surface area contributed by atoms with Crippen molar-refractivity contribution in [2.24, 2.45) is 5.73 Å². The van der Waals surface area contributed by atoms with Crippen molar-refractivity contribution in [1.29, 1.82) is 0 Å². The van der Waals surface area contributed by atoms with E-state index in [1.807, 2.05) is 17.4 Å². The maximum Gasteiger partial charge on any atom is 0.338 e.